The van der Waals surface area contributed by atoms with E-state index in [0.717, 1.165) is 24.0 Å². The Kier molecular flexibility index (Phi) is 6.11. The van der Waals surface area contributed by atoms with Crippen molar-refractivity contribution in [2.75, 3.05) is 0 Å². The maximum absolute atomic E-state index is 12.4. The van der Waals surface area contributed by atoms with E-state index in [1.807, 2.05) is 31.2 Å². The van der Waals surface area contributed by atoms with E-state index in [1.54, 1.807) is 28.9 Å². The van der Waals surface area contributed by atoms with Crippen molar-refractivity contribution in [3.8, 4) is 22.9 Å². The zero-order chi connectivity index (χ0) is 21.6. The molecule has 0 aliphatic heterocycles. The Balaban J connectivity index is 1.40. The number of aryl methyl sites for hydroxylation is 2. The minimum absolute atomic E-state index is 0.0148. The molecule has 4 rings (SSSR count). The average molecular weight is 418 g/mol. The fourth-order valence-electron chi connectivity index (χ4n) is 2.92. The van der Waals surface area contributed by atoms with Crippen molar-refractivity contribution >= 4 is 5.97 Å². The molecule has 0 atom stereocenters. The number of nitrogens with zero attached hydrogens (tertiary/aromatic N) is 6. The average Bonchev–Trinajstić information content (AvgIpc) is 3.46. The third kappa shape index (κ3) is 4.82. The normalized spacial score (nSPS) is 10.9. The van der Waals surface area contributed by atoms with E-state index in [1.165, 1.54) is 0 Å². The fraction of sp³-hybridized carbons (Fsp3) is 0.273. The highest BCUT2D eigenvalue weighted by Gasteiger charge is 2.14. The van der Waals surface area contributed by atoms with Crippen molar-refractivity contribution in [3.05, 3.63) is 65.5 Å². The predicted molar refractivity (Wildman–Crippen MR) is 112 cm³/mol. The summed E-state index contributed by atoms with van der Waals surface area (Å²) >= 11 is 0. The Morgan fingerprint density at radius 2 is 1.61 bits per heavy atom. The van der Waals surface area contributed by atoms with Crippen LogP contribution in [0.15, 0.2) is 52.9 Å². The first-order chi connectivity index (χ1) is 15.1. The van der Waals surface area contributed by atoms with E-state index in [4.69, 9.17) is 9.15 Å². The molecule has 0 fully saturated rings. The molecule has 0 aliphatic carbocycles. The van der Waals surface area contributed by atoms with Crippen molar-refractivity contribution in [1.82, 2.24) is 30.4 Å². The van der Waals surface area contributed by atoms with E-state index < -0.39 is 5.97 Å². The zero-order valence-electron chi connectivity index (χ0n) is 17.4. The van der Waals surface area contributed by atoms with Crippen LogP contribution in [0.25, 0.3) is 22.9 Å². The third-order valence-corrected chi connectivity index (χ3v) is 4.75. The molecule has 158 valence electrons. The van der Waals surface area contributed by atoms with Gasteiger partial charge in [-0.15, -0.1) is 15.3 Å². The second-order valence-electron chi connectivity index (χ2n) is 7.10. The van der Waals surface area contributed by atoms with E-state index in [2.05, 4.69) is 32.6 Å². The number of tetrazole rings is 1. The van der Waals surface area contributed by atoms with E-state index in [9.17, 15) is 4.79 Å². The van der Waals surface area contributed by atoms with Gasteiger partial charge in [-0.2, -0.15) is 0 Å². The van der Waals surface area contributed by atoms with Crippen LogP contribution in [-0.4, -0.2) is 36.4 Å². The molecule has 2 aromatic carbocycles. The molecule has 0 aliphatic rings. The third-order valence-electron chi connectivity index (χ3n) is 4.75. The fourth-order valence-corrected chi connectivity index (χ4v) is 2.92. The van der Waals surface area contributed by atoms with Crippen LogP contribution in [0.4, 0.5) is 0 Å². The van der Waals surface area contributed by atoms with Gasteiger partial charge in [0, 0.05) is 17.7 Å². The van der Waals surface area contributed by atoms with Crippen LogP contribution in [0.5, 0.6) is 0 Å². The van der Waals surface area contributed by atoms with Crippen LogP contribution in [0.3, 0.4) is 0 Å². The van der Waals surface area contributed by atoms with Gasteiger partial charge in [0.25, 0.3) is 0 Å². The maximum atomic E-state index is 12.4. The number of carbonyl (C=O) groups excluding carboxylic acids is 1. The SMILES string of the molecule is CCCCn1nnnc1COC(=O)c1ccc(-c2nnc(-c3ccc(C)cc3)o2)cc1. The number of aromatic nitrogens is 6. The van der Waals surface area contributed by atoms with Gasteiger partial charge in [-0.25, -0.2) is 9.48 Å². The van der Waals surface area contributed by atoms with Gasteiger partial charge in [-0.05, 0) is 60.2 Å². The van der Waals surface area contributed by atoms with Gasteiger partial charge < -0.3 is 9.15 Å². The van der Waals surface area contributed by atoms with E-state index >= 15 is 0 Å². The van der Waals surface area contributed by atoms with E-state index in [-0.39, 0.29) is 6.61 Å². The molecule has 0 radical (unpaired) electrons. The smallest absolute Gasteiger partial charge is 0.338 e. The summed E-state index contributed by atoms with van der Waals surface area (Å²) in [6.45, 7) is 4.82. The Hall–Kier alpha value is -3.88. The summed E-state index contributed by atoms with van der Waals surface area (Å²) in [6, 6.07) is 14.7. The first kappa shape index (κ1) is 20.4. The Labute approximate surface area is 179 Å². The first-order valence-electron chi connectivity index (χ1n) is 10.1. The van der Waals surface area contributed by atoms with Crippen LogP contribution >= 0.6 is 0 Å². The quantitative estimate of drug-likeness (QED) is 0.397. The second-order valence-corrected chi connectivity index (χ2v) is 7.10. The van der Waals surface area contributed by atoms with Crippen LogP contribution in [0, 0.1) is 6.92 Å². The lowest BCUT2D eigenvalue weighted by Gasteiger charge is -2.06. The van der Waals surface area contributed by atoms with Crippen molar-refractivity contribution in [2.24, 2.45) is 0 Å². The number of esters is 1. The van der Waals surface area contributed by atoms with Crippen LogP contribution in [-0.2, 0) is 17.9 Å². The summed E-state index contributed by atoms with van der Waals surface area (Å²) in [5.74, 6) is 0.889. The van der Waals surface area contributed by atoms with Gasteiger partial charge in [-0.1, -0.05) is 31.0 Å². The lowest BCUT2D eigenvalue weighted by molar-refractivity contribution is 0.0456. The van der Waals surface area contributed by atoms with Crippen molar-refractivity contribution < 1.29 is 13.9 Å². The van der Waals surface area contributed by atoms with Crippen LogP contribution in [0.1, 0.15) is 41.5 Å². The molecule has 0 amide bonds. The number of carbonyl (C=O) groups is 1. The number of ether oxygens (including phenoxy) is 1. The van der Waals surface area contributed by atoms with Gasteiger partial charge in [0.15, 0.2) is 12.4 Å². The van der Waals surface area contributed by atoms with Gasteiger partial charge in [-0.3, -0.25) is 0 Å². The van der Waals surface area contributed by atoms with E-state index in [0.29, 0.717) is 35.3 Å². The summed E-state index contributed by atoms with van der Waals surface area (Å²) in [6.07, 6.45) is 1.98. The number of rotatable bonds is 8. The molecule has 0 saturated heterocycles. The molecule has 9 nitrogen and oxygen atoms in total. The minimum atomic E-state index is -0.456. The molecule has 0 saturated carbocycles. The lowest BCUT2D eigenvalue weighted by atomic mass is 10.1. The van der Waals surface area contributed by atoms with Gasteiger partial charge in [0.1, 0.15) is 0 Å². The zero-order valence-corrected chi connectivity index (χ0v) is 17.4. The highest BCUT2D eigenvalue weighted by molar-refractivity contribution is 5.89. The highest BCUT2D eigenvalue weighted by atomic mass is 16.5. The molecule has 31 heavy (non-hydrogen) atoms. The topological polar surface area (TPSA) is 109 Å². The molecule has 0 unspecified atom stereocenters. The number of benzene rings is 2. The monoisotopic (exact) mass is 418 g/mol. The summed E-state index contributed by atoms with van der Waals surface area (Å²) < 4.78 is 12.8. The Morgan fingerprint density at radius 1 is 0.968 bits per heavy atom. The Bertz CT molecular complexity index is 1150. The van der Waals surface area contributed by atoms with Gasteiger partial charge in [0.2, 0.25) is 11.8 Å². The molecule has 2 aromatic heterocycles. The molecular weight excluding hydrogens is 396 g/mol. The molecule has 0 bridgehead atoms. The predicted octanol–water partition coefficient (Wildman–Crippen LogP) is 3.86. The lowest BCUT2D eigenvalue weighted by Crippen LogP contribution is -2.11. The summed E-state index contributed by atoms with van der Waals surface area (Å²) in [4.78, 5) is 12.4. The molecule has 4 aromatic rings. The highest BCUT2D eigenvalue weighted by Crippen LogP contribution is 2.24. The number of hydrogen-bond acceptors (Lipinski definition) is 8. The first-order valence-corrected chi connectivity index (χ1v) is 10.1. The summed E-state index contributed by atoms with van der Waals surface area (Å²) in [5, 5.41) is 19.7. The maximum Gasteiger partial charge on any atom is 0.338 e. The molecule has 0 spiro atoms. The molecule has 9 heteroatoms. The molecular formula is C22H22N6O3. The van der Waals surface area contributed by atoms with Crippen molar-refractivity contribution in [2.45, 2.75) is 39.8 Å². The Morgan fingerprint density at radius 3 is 2.26 bits per heavy atom. The minimum Gasteiger partial charge on any atom is -0.454 e. The second kappa shape index (κ2) is 9.29. The molecule has 2 heterocycles. The van der Waals surface area contributed by atoms with Crippen molar-refractivity contribution in [3.63, 3.8) is 0 Å². The molecule has 0 N–H and O–H groups in total. The van der Waals surface area contributed by atoms with Crippen LogP contribution < -0.4 is 0 Å². The number of unbranched alkanes of at least 4 members (excludes halogenated alkanes) is 1. The van der Waals surface area contributed by atoms with Crippen LogP contribution in [0.2, 0.25) is 0 Å². The summed E-state index contributed by atoms with van der Waals surface area (Å²) in [5.41, 5.74) is 3.13. The standard InChI is InChI=1S/C22H22N6O3/c1-3-4-13-28-19(23-26-27-28)14-30-22(29)18-11-9-17(10-12-18)21-25-24-20(31-21)16-7-5-15(2)6-8-16/h5-12H,3-4,13-14H2,1-2H3. The van der Waals surface area contributed by atoms with Gasteiger partial charge in [0.05, 0.1) is 5.56 Å². The van der Waals surface area contributed by atoms with Gasteiger partial charge >= 0.3 is 5.97 Å². The largest absolute Gasteiger partial charge is 0.454 e. The number of hydrogen-bond donors (Lipinski definition) is 0. The summed E-state index contributed by atoms with van der Waals surface area (Å²) in [7, 11) is 0. The van der Waals surface area contributed by atoms with Crippen molar-refractivity contribution in [1.29, 1.82) is 0 Å².